The molecule has 1 saturated heterocycles. The summed E-state index contributed by atoms with van der Waals surface area (Å²) in [6.45, 7) is 2.33. The summed E-state index contributed by atoms with van der Waals surface area (Å²) in [5.74, 6) is -1.91. The SMILES string of the molecule is C/C=C/c1ccc(CCc2ccc(-c3ccc(C4CO4)c(F)c3F)cc2)c(F)c1. The highest BCUT2D eigenvalue weighted by molar-refractivity contribution is 5.65. The van der Waals surface area contributed by atoms with Crippen molar-refractivity contribution in [3.8, 4) is 11.1 Å². The topological polar surface area (TPSA) is 12.5 Å². The van der Waals surface area contributed by atoms with E-state index in [1.807, 2.05) is 43.3 Å². The van der Waals surface area contributed by atoms with Crippen LogP contribution >= 0.6 is 0 Å². The van der Waals surface area contributed by atoms with Crippen molar-refractivity contribution in [2.75, 3.05) is 6.61 Å². The Morgan fingerprint density at radius 2 is 1.69 bits per heavy atom. The second kappa shape index (κ2) is 8.26. The molecule has 0 aromatic heterocycles. The molecule has 29 heavy (non-hydrogen) atoms. The number of ether oxygens (including phenoxy) is 1. The minimum Gasteiger partial charge on any atom is -0.368 e. The number of epoxide rings is 1. The molecule has 148 valence electrons. The third-order valence-corrected chi connectivity index (χ3v) is 5.18. The molecule has 1 nitrogen and oxygen atoms in total. The Morgan fingerprint density at radius 3 is 2.34 bits per heavy atom. The molecule has 4 rings (SSSR count). The monoisotopic (exact) mass is 394 g/mol. The molecular formula is C25H21F3O. The molecule has 1 atom stereocenters. The number of hydrogen-bond acceptors (Lipinski definition) is 1. The fourth-order valence-electron chi connectivity index (χ4n) is 3.46. The van der Waals surface area contributed by atoms with E-state index in [0.717, 1.165) is 11.1 Å². The Bertz CT molecular complexity index is 1050. The number of aryl methyl sites for hydroxylation is 2. The van der Waals surface area contributed by atoms with E-state index in [-0.39, 0.29) is 23.0 Å². The predicted molar refractivity (Wildman–Crippen MR) is 109 cm³/mol. The number of allylic oxidation sites excluding steroid dienone is 1. The molecule has 3 aromatic rings. The summed E-state index contributed by atoms with van der Waals surface area (Å²) in [6, 6.07) is 15.7. The summed E-state index contributed by atoms with van der Waals surface area (Å²) in [5.41, 5.74) is 3.61. The summed E-state index contributed by atoms with van der Waals surface area (Å²) in [5, 5.41) is 0. The third-order valence-electron chi connectivity index (χ3n) is 5.18. The van der Waals surface area contributed by atoms with Gasteiger partial charge in [-0.05, 0) is 48.1 Å². The third kappa shape index (κ3) is 4.28. The first-order valence-electron chi connectivity index (χ1n) is 9.66. The van der Waals surface area contributed by atoms with E-state index in [1.165, 1.54) is 6.07 Å². The smallest absolute Gasteiger partial charge is 0.167 e. The molecule has 0 radical (unpaired) electrons. The van der Waals surface area contributed by atoms with Crippen molar-refractivity contribution in [1.82, 2.24) is 0 Å². The highest BCUT2D eigenvalue weighted by Crippen LogP contribution is 2.35. The summed E-state index contributed by atoms with van der Waals surface area (Å²) in [6.07, 6.45) is 4.64. The van der Waals surface area contributed by atoms with Gasteiger partial charge in [-0.25, -0.2) is 13.2 Å². The molecule has 1 aliphatic heterocycles. The van der Waals surface area contributed by atoms with Crippen LogP contribution in [0.1, 0.15) is 35.3 Å². The first kappa shape index (κ1) is 19.5. The molecule has 1 heterocycles. The van der Waals surface area contributed by atoms with E-state index in [1.54, 1.807) is 24.3 Å². The van der Waals surface area contributed by atoms with Gasteiger partial charge in [0.25, 0.3) is 0 Å². The summed E-state index contributed by atoms with van der Waals surface area (Å²) >= 11 is 0. The van der Waals surface area contributed by atoms with Crippen LogP contribution in [0.3, 0.4) is 0 Å². The maximum Gasteiger partial charge on any atom is 0.167 e. The van der Waals surface area contributed by atoms with Crippen molar-refractivity contribution < 1.29 is 17.9 Å². The van der Waals surface area contributed by atoms with Crippen LogP contribution < -0.4 is 0 Å². The first-order valence-corrected chi connectivity index (χ1v) is 9.66. The number of rotatable bonds is 6. The van der Waals surface area contributed by atoms with E-state index < -0.39 is 11.6 Å². The minimum atomic E-state index is -0.853. The Balaban J connectivity index is 1.47. The zero-order chi connectivity index (χ0) is 20.4. The first-order chi connectivity index (χ1) is 14.1. The van der Waals surface area contributed by atoms with Crippen molar-refractivity contribution in [2.45, 2.75) is 25.9 Å². The molecule has 0 spiro atoms. The lowest BCUT2D eigenvalue weighted by molar-refractivity contribution is 0.401. The molecule has 1 unspecified atom stereocenters. The van der Waals surface area contributed by atoms with Gasteiger partial charge in [0, 0.05) is 11.1 Å². The summed E-state index contributed by atoms with van der Waals surface area (Å²) in [4.78, 5) is 0. The molecule has 0 bridgehead atoms. The average molecular weight is 394 g/mol. The minimum absolute atomic E-state index is 0.213. The number of halogens is 3. The quantitative estimate of drug-likeness (QED) is 0.426. The van der Waals surface area contributed by atoms with Crippen LogP contribution in [-0.4, -0.2) is 6.61 Å². The van der Waals surface area contributed by atoms with Crippen molar-refractivity contribution in [3.05, 3.63) is 100 Å². The molecule has 1 aliphatic rings. The lowest BCUT2D eigenvalue weighted by Crippen LogP contribution is -1.97. The second-order valence-electron chi connectivity index (χ2n) is 7.20. The number of hydrogen-bond donors (Lipinski definition) is 0. The molecular weight excluding hydrogens is 373 g/mol. The van der Waals surface area contributed by atoms with Gasteiger partial charge in [-0.1, -0.05) is 60.7 Å². The van der Waals surface area contributed by atoms with Gasteiger partial charge in [0.1, 0.15) is 11.9 Å². The lowest BCUT2D eigenvalue weighted by atomic mass is 9.98. The number of benzene rings is 3. The molecule has 3 aromatic carbocycles. The second-order valence-corrected chi connectivity index (χ2v) is 7.20. The maximum atomic E-state index is 14.5. The lowest BCUT2D eigenvalue weighted by Gasteiger charge is -2.09. The summed E-state index contributed by atoms with van der Waals surface area (Å²) in [7, 11) is 0. The Kier molecular flexibility index (Phi) is 5.54. The van der Waals surface area contributed by atoms with E-state index in [9.17, 15) is 13.2 Å². The average Bonchev–Trinajstić information content (AvgIpc) is 3.55. The molecule has 0 amide bonds. The molecule has 1 fully saturated rings. The Hall–Kier alpha value is -2.85. The zero-order valence-corrected chi connectivity index (χ0v) is 16.1. The van der Waals surface area contributed by atoms with Crippen LogP contribution in [-0.2, 0) is 17.6 Å². The molecule has 0 saturated carbocycles. The van der Waals surface area contributed by atoms with Crippen LogP contribution in [0.15, 0.2) is 60.7 Å². The molecule has 4 heteroatoms. The van der Waals surface area contributed by atoms with Gasteiger partial charge in [0.2, 0.25) is 0 Å². The van der Waals surface area contributed by atoms with Crippen molar-refractivity contribution in [1.29, 1.82) is 0 Å². The van der Waals surface area contributed by atoms with Crippen molar-refractivity contribution >= 4 is 6.08 Å². The fraction of sp³-hybridized carbons (Fsp3) is 0.200. The van der Waals surface area contributed by atoms with Crippen LogP contribution in [0.5, 0.6) is 0 Å². The van der Waals surface area contributed by atoms with Crippen molar-refractivity contribution in [2.24, 2.45) is 0 Å². The van der Waals surface area contributed by atoms with E-state index >= 15 is 0 Å². The van der Waals surface area contributed by atoms with Crippen LogP contribution in [0.25, 0.3) is 17.2 Å². The van der Waals surface area contributed by atoms with Crippen LogP contribution in [0, 0.1) is 17.5 Å². The van der Waals surface area contributed by atoms with Gasteiger partial charge in [-0.15, -0.1) is 0 Å². The van der Waals surface area contributed by atoms with Gasteiger partial charge in [0.15, 0.2) is 11.6 Å². The molecule has 0 aliphatic carbocycles. The maximum absolute atomic E-state index is 14.5. The van der Waals surface area contributed by atoms with E-state index in [4.69, 9.17) is 4.74 Å². The van der Waals surface area contributed by atoms with Crippen LogP contribution in [0.2, 0.25) is 0 Å². The van der Waals surface area contributed by atoms with Crippen LogP contribution in [0.4, 0.5) is 13.2 Å². The van der Waals surface area contributed by atoms with Gasteiger partial charge >= 0.3 is 0 Å². The highest BCUT2D eigenvalue weighted by atomic mass is 19.2. The van der Waals surface area contributed by atoms with E-state index in [0.29, 0.717) is 30.6 Å². The molecule has 0 N–H and O–H groups in total. The van der Waals surface area contributed by atoms with Gasteiger partial charge in [-0.2, -0.15) is 0 Å². The fourth-order valence-corrected chi connectivity index (χ4v) is 3.46. The van der Waals surface area contributed by atoms with Crippen molar-refractivity contribution in [3.63, 3.8) is 0 Å². The largest absolute Gasteiger partial charge is 0.368 e. The normalized spacial score (nSPS) is 15.8. The van der Waals surface area contributed by atoms with E-state index in [2.05, 4.69) is 0 Å². The zero-order valence-electron chi connectivity index (χ0n) is 16.1. The Morgan fingerprint density at radius 1 is 0.931 bits per heavy atom. The standard InChI is InChI=1S/C25H21F3O/c1-2-3-17-7-11-19(22(26)14-17)10-6-16-4-8-18(9-5-16)20-12-13-21(23-15-29-23)25(28)24(20)27/h2-5,7-9,11-14,23H,6,10,15H2,1H3/b3-2+. The highest BCUT2D eigenvalue weighted by Gasteiger charge is 2.30. The van der Waals surface area contributed by atoms with Gasteiger partial charge in [0.05, 0.1) is 6.61 Å². The van der Waals surface area contributed by atoms with Gasteiger partial charge in [-0.3, -0.25) is 0 Å². The predicted octanol–water partition coefficient (Wildman–Crippen LogP) is 6.66. The Labute approximate surface area is 168 Å². The van der Waals surface area contributed by atoms with Gasteiger partial charge < -0.3 is 4.74 Å². The summed E-state index contributed by atoms with van der Waals surface area (Å²) < 4.78 is 48.0.